The largest absolute Gasteiger partial charge is 0.496 e. The number of aryl methyl sites for hydroxylation is 1. The van der Waals surface area contributed by atoms with Gasteiger partial charge in [-0.3, -0.25) is 14.9 Å². The highest BCUT2D eigenvalue weighted by Crippen LogP contribution is 2.26. The average Bonchev–Trinajstić information content (AvgIpc) is 2.17. The summed E-state index contributed by atoms with van der Waals surface area (Å²) in [5.74, 6) is 0.470. The molecule has 0 aliphatic rings. The van der Waals surface area contributed by atoms with Crippen LogP contribution in [0.5, 0.6) is 5.75 Å². The Morgan fingerprint density at radius 1 is 1.50 bits per heavy atom. The van der Waals surface area contributed by atoms with E-state index >= 15 is 0 Å². The Hall–Kier alpha value is -1.91. The van der Waals surface area contributed by atoms with Crippen LogP contribution in [0.3, 0.4) is 0 Å². The van der Waals surface area contributed by atoms with Gasteiger partial charge in [0.1, 0.15) is 5.75 Å². The molecule has 0 aliphatic carbocycles. The van der Waals surface area contributed by atoms with Crippen molar-refractivity contribution >= 4 is 12.0 Å². The molecule has 1 rings (SSSR count). The standard InChI is InChI=1S/C9H9NO4/c1-6-3-8(10(12)13)7(5-11)4-9(6)14-2/h3-5H,1-2H3. The van der Waals surface area contributed by atoms with Crippen LogP contribution in [0.4, 0.5) is 5.69 Å². The van der Waals surface area contributed by atoms with Crippen molar-refractivity contribution in [2.75, 3.05) is 7.11 Å². The third-order valence-electron chi connectivity index (χ3n) is 1.87. The number of aldehydes is 1. The first-order valence-electron chi connectivity index (χ1n) is 3.88. The van der Waals surface area contributed by atoms with Crippen molar-refractivity contribution in [3.63, 3.8) is 0 Å². The Morgan fingerprint density at radius 3 is 2.57 bits per heavy atom. The average molecular weight is 195 g/mol. The van der Waals surface area contributed by atoms with Gasteiger partial charge in [-0.1, -0.05) is 0 Å². The van der Waals surface area contributed by atoms with Crippen LogP contribution < -0.4 is 4.74 Å². The number of hydrogen-bond donors (Lipinski definition) is 0. The third-order valence-corrected chi connectivity index (χ3v) is 1.87. The van der Waals surface area contributed by atoms with Gasteiger partial charge in [0.05, 0.1) is 17.6 Å². The molecule has 0 bridgehead atoms. The predicted octanol–water partition coefficient (Wildman–Crippen LogP) is 1.72. The second-order valence-corrected chi connectivity index (χ2v) is 2.76. The first kappa shape index (κ1) is 10.2. The molecular formula is C9H9NO4. The number of hydrogen-bond acceptors (Lipinski definition) is 4. The SMILES string of the molecule is COc1cc(C=O)c([N+](=O)[O-])cc1C. The molecule has 0 saturated heterocycles. The summed E-state index contributed by atoms with van der Waals surface area (Å²) in [5.41, 5.74) is 0.459. The van der Waals surface area contributed by atoms with Crippen molar-refractivity contribution < 1.29 is 14.5 Å². The Labute approximate surface area is 80.5 Å². The molecule has 0 atom stereocenters. The second kappa shape index (κ2) is 3.87. The molecular weight excluding hydrogens is 186 g/mol. The summed E-state index contributed by atoms with van der Waals surface area (Å²) in [7, 11) is 1.45. The Morgan fingerprint density at radius 2 is 2.14 bits per heavy atom. The minimum Gasteiger partial charge on any atom is -0.496 e. The Bertz CT molecular complexity index is 387. The Balaban J connectivity index is 3.38. The lowest BCUT2D eigenvalue weighted by Gasteiger charge is -2.04. The zero-order valence-corrected chi connectivity index (χ0v) is 7.81. The van der Waals surface area contributed by atoms with Crippen molar-refractivity contribution in [2.45, 2.75) is 6.92 Å². The van der Waals surface area contributed by atoms with Crippen molar-refractivity contribution in [3.05, 3.63) is 33.4 Å². The van der Waals surface area contributed by atoms with Gasteiger partial charge < -0.3 is 4.74 Å². The second-order valence-electron chi connectivity index (χ2n) is 2.76. The molecule has 0 aliphatic heterocycles. The van der Waals surface area contributed by atoms with E-state index < -0.39 is 4.92 Å². The summed E-state index contributed by atoms with van der Waals surface area (Å²) in [6, 6.07) is 2.68. The van der Waals surface area contributed by atoms with E-state index in [2.05, 4.69) is 0 Å². The normalized spacial score (nSPS) is 9.57. The lowest BCUT2D eigenvalue weighted by Crippen LogP contribution is -1.97. The molecule has 0 spiro atoms. The van der Waals surface area contributed by atoms with Crippen LogP contribution in [0, 0.1) is 17.0 Å². The van der Waals surface area contributed by atoms with Crippen LogP contribution in [-0.2, 0) is 0 Å². The van der Waals surface area contributed by atoms with Gasteiger partial charge in [0.2, 0.25) is 0 Å². The number of carbonyl (C=O) groups is 1. The summed E-state index contributed by atoms with van der Waals surface area (Å²) >= 11 is 0. The van der Waals surface area contributed by atoms with E-state index in [0.717, 1.165) is 0 Å². The zero-order valence-electron chi connectivity index (χ0n) is 7.81. The molecule has 0 heterocycles. The zero-order chi connectivity index (χ0) is 10.7. The van der Waals surface area contributed by atoms with Crippen molar-refractivity contribution in [1.82, 2.24) is 0 Å². The van der Waals surface area contributed by atoms with Crippen LogP contribution in [0.25, 0.3) is 0 Å². The number of nitro benzene ring substituents is 1. The quantitative estimate of drug-likeness (QED) is 0.418. The van der Waals surface area contributed by atoms with E-state index in [1.54, 1.807) is 6.92 Å². The summed E-state index contributed by atoms with van der Waals surface area (Å²) in [5, 5.41) is 10.5. The number of methoxy groups -OCH3 is 1. The van der Waals surface area contributed by atoms with E-state index in [1.807, 2.05) is 0 Å². The maximum absolute atomic E-state index is 10.6. The smallest absolute Gasteiger partial charge is 0.280 e. The van der Waals surface area contributed by atoms with Gasteiger partial charge in [0, 0.05) is 6.07 Å². The molecule has 5 nitrogen and oxygen atoms in total. The summed E-state index contributed by atoms with van der Waals surface area (Å²) < 4.78 is 4.94. The highest BCUT2D eigenvalue weighted by atomic mass is 16.6. The van der Waals surface area contributed by atoms with E-state index in [9.17, 15) is 14.9 Å². The lowest BCUT2D eigenvalue weighted by molar-refractivity contribution is -0.385. The van der Waals surface area contributed by atoms with Crippen LogP contribution in [0.2, 0.25) is 0 Å². The van der Waals surface area contributed by atoms with E-state index in [0.29, 0.717) is 17.6 Å². The van der Waals surface area contributed by atoms with Gasteiger partial charge in [0.15, 0.2) is 6.29 Å². The van der Waals surface area contributed by atoms with Gasteiger partial charge >= 0.3 is 0 Å². The van der Waals surface area contributed by atoms with E-state index in [-0.39, 0.29) is 11.3 Å². The number of nitrogens with zero attached hydrogens (tertiary/aromatic N) is 1. The molecule has 0 saturated carbocycles. The number of rotatable bonds is 3. The van der Waals surface area contributed by atoms with Crippen LogP contribution in [-0.4, -0.2) is 18.3 Å². The summed E-state index contributed by atoms with van der Waals surface area (Å²) in [6.45, 7) is 1.68. The van der Waals surface area contributed by atoms with E-state index in [1.165, 1.54) is 19.2 Å². The molecule has 0 radical (unpaired) electrons. The van der Waals surface area contributed by atoms with Crippen molar-refractivity contribution in [1.29, 1.82) is 0 Å². The van der Waals surface area contributed by atoms with Gasteiger partial charge in [-0.2, -0.15) is 0 Å². The fourth-order valence-corrected chi connectivity index (χ4v) is 1.16. The molecule has 0 unspecified atom stereocenters. The molecule has 0 amide bonds. The van der Waals surface area contributed by atoms with Gasteiger partial charge in [-0.15, -0.1) is 0 Å². The lowest BCUT2D eigenvalue weighted by atomic mass is 10.1. The monoisotopic (exact) mass is 195 g/mol. The minimum atomic E-state index is -0.587. The first-order chi connectivity index (χ1) is 6.60. The summed E-state index contributed by atoms with van der Waals surface area (Å²) in [4.78, 5) is 20.5. The number of carbonyl (C=O) groups excluding carboxylic acids is 1. The summed E-state index contributed by atoms with van der Waals surface area (Å²) in [6.07, 6.45) is 0.445. The number of benzene rings is 1. The minimum absolute atomic E-state index is 0.0254. The van der Waals surface area contributed by atoms with Crippen LogP contribution in [0.15, 0.2) is 12.1 Å². The maximum Gasteiger partial charge on any atom is 0.280 e. The van der Waals surface area contributed by atoms with Crippen molar-refractivity contribution in [2.24, 2.45) is 0 Å². The molecule has 0 fully saturated rings. The molecule has 0 N–H and O–H groups in total. The van der Waals surface area contributed by atoms with Crippen LogP contribution in [0.1, 0.15) is 15.9 Å². The molecule has 1 aromatic rings. The molecule has 5 heteroatoms. The predicted molar refractivity (Wildman–Crippen MR) is 49.8 cm³/mol. The van der Waals surface area contributed by atoms with Crippen LogP contribution >= 0.6 is 0 Å². The fraction of sp³-hybridized carbons (Fsp3) is 0.222. The van der Waals surface area contributed by atoms with Gasteiger partial charge in [-0.05, 0) is 18.6 Å². The highest BCUT2D eigenvalue weighted by molar-refractivity contribution is 5.82. The first-order valence-corrected chi connectivity index (χ1v) is 3.88. The number of nitro groups is 1. The highest BCUT2D eigenvalue weighted by Gasteiger charge is 2.15. The topological polar surface area (TPSA) is 69.4 Å². The van der Waals surface area contributed by atoms with Gasteiger partial charge in [0.25, 0.3) is 5.69 Å². The molecule has 14 heavy (non-hydrogen) atoms. The molecule has 0 aromatic heterocycles. The third kappa shape index (κ3) is 1.71. The number of ether oxygens (including phenoxy) is 1. The van der Waals surface area contributed by atoms with Crippen molar-refractivity contribution in [3.8, 4) is 5.75 Å². The Kier molecular flexibility index (Phi) is 2.81. The fourth-order valence-electron chi connectivity index (χ4n) is 1.16. The maximum atomic E-state index is 10.6. The van der Waals surface area contributed by atoms with Gasteiger partial charge in [-0.25, -0.2) is 0 Å². The molecule has 1 aromatic carbocycles. The molecule has 74 valence electrons. The van der Waals surface area contributed by atoms with E-state index in [4.69, 9.17) is 4.74 Å².